The maximum absolute atomic E-state index is 13.6. The van der Waals surface area contributed by atoms with Gasteiger partial charge in [-0.15, -0.1) is 0 Å². The lowest BCUT2D eigenvalue weighted by molar-refractivity contribution is 0.217. The predicted octanol–water partition coefficient (Wildman–Crippen LogP) is 0.269. The highest BCUT2D eigenvalue weighted by atomic mass is 19.2. The van der Waals surface area contributed by atoms with E-state index in [1.807, 2.05) is 0 Å². The first-order valence-electron chi connectivity index (χ1n) is 7.23. The van der Waals surface area contributed by atoms with E-state index in [1.54, 1.807) is 6.20 Å². The van der Waals surface area contributed by atoms with Crippen LogP contribution in [-0.4, -0.2) is 50.0 Å². The molecule has 0 aliphatic carbocycles. The summed E-state index contributed by atoms with van der Waals surface area (Å²) >= 11 is 0. The van der Waals surface area contributed by atoms with Crippen molar-refractivity contribution in [1.29, 1.82) is 0 Å². The molecule has 8 nitrogen and oxygen atoms in total. The number of H-pyrrole nitrogens is 2. The van der Waals surface area contributed by atoms with Crippen LogP contribution < -0.4 is 16.1 Å². The topological polar surface area (TPSA) is 99.2 Å². The van der Waals surface area contributed by atoms with Gasteiger partial charge in [0, 0.05) is 18.6 Å². The first kappa shape index (κ1) is 14.5. The van der Waals surface area contributed by atoms with Crippen LogP contribution >= 0.6 is 0 Å². The van der Waals surface area contributed by atoms with Gasteiger partial charge in [-0.25, -0.2) is 23.1 Å². The van der Waals surface area contributed by atoms with Crippen LogP contribution in [0.15, 0.2) is 34.2 Å². The Morgan fingerprint density at radius 1 is 1.21 bits per heavy atom. The molecule has 3 aromatic rings. The smallest absolute Gasteiger partial charge is 0.325 e. The van der Waals surface area contributed by atoms with Gasteiger partial charge < -0.3 is 9.88 Å². The molecule has 0 amide bonds. The normalized spacial score (nSPS) is 20.8. The van der Waals surface area contributed by atoms with Crippen LogP contribution in [0.3, 0.4) is 0 Å². The second kappa shape index (κ2) is 5.25. The van der Waals surface area contributed by atoms with Crippen LogP contribution in [0, 0.1) is 0 Å². The van der Waals surface area contributed by atoms with E-state index in [-0.39, 0.29) is 24.3 Å². The van der Waals surface area contributed by atoms with Crippen LogP contribution in [0.1, 0.15) is 0 Å². The van der Waals surface area contributed by atoms with Gasteiger partial charge in [-0.3, -0.25) is 9.78 Å². The molecule has 1 aliphatic heterocycles. The molecule has 0 aromatic carbocycles. The molecule has 0 bridgehead atoms. The van der Waals surface area contributed by atoms with Gasteiger partial charge in [-0.05, 0) is 6.07 Å². The summed E-state index contributed by atoms with van der Waals surface area (Å²) < 4.78 is 28.5. The van der Waals surface area contributed by atoms with Crippen molar-refractivity contribution < 1.29 is 8.78 Å². The maximum atomic E-state index is 13.6. The fourth-order valence-corrected chi connectivity index (χ4v) is 2.79. The third-order valence-electron chi connectivity index (χ3n) is 3.96. The lowest BCUT2D eigenvalue weighted by Crippen LogP contribution is -2.24. The quantitative estimate of drug-likeness (QED) is 0.701. The van der Waals surface area contributed by atoms with Gasteiger partial charge in [0.2, 0.25) is 0 Å². The number of rotatable bonds is 2. The second-order valence-corrected chi connectivity index (χ2v) is 5.53. The molecule has 1 aliphatic rings. The molecule has 10 heteroatoms. The Balaban J connectivity index is 1.89. The maximum Gasteiger partial charge on any atom is 0.325 e. The zero-order valence-electron chi connectivity index (χ0n) is 12.2. The van der Waals surface area contributed by atoms with Gasteiger partial charge in [0.15, 0.2) is 18.0 Å². The number of alkyl halides is 2. The molecular formula is C14H12F2N6O2. The number of hydrogen-bond donors (Lipinski definition) is 2. The number of hydrogen-bond acceptors (Lipinski definition) is 5. The molecule has 0 saturated carbocycles. The first-order chi connectivity index (χ1) is 11.5. The molecule has 1 fully saturated rings. The van der Waals surface area contributed by atoms with E-state index >= 15 is 0 Å². The van der Waals surface area contributed by atoms with E-state index in [0.717, 1.165) is 0 Å². The molecule has 0 radical (unpaired) electrons. The van der Waals surface area contributed by atoms with Crippen molar-refractivity contribution >= 4 is 11.3 Å². The summed E-state index contributed by atoms with van der Waals surface area (Å²) in [5.74, 6) is 0. The van der Waals surface area contributed by atoms with Gasteiger partial charge in [-0.1, -0.05) is 0 Å². The highest BCUT2D eigenvalue weighted by molar-refractivity contribution is 5.74. The molecule has 3 aromatic heterocycles. The van der Waals surface area contributed by atoms with Gasteiger partial charge in [0.1, 0.15) is 5.69 Å². The molecule has 0 unspecified atom stereocenters. The first-order valence-corrected chi connectivity index (χ1v) is 7.23. The summed E-state index contributed by atoms with van der Waals surface area (Å²) in [6.07, 6.45) is 1.16. The van der Waals surface area contributed by atoms with Crippen LogP contribution in [0.5, 0.6) is 0 Å². The molecule has 4 rings (SSSR count). The number of fused-ring (bicyclic) bond motifs is 1. The summed E-state index contributed by atoms with van der Waals surface area (Å²) in [4.78, 5) is 33.3. The van der Waals surface area contributed by atoms with Crippen molar-refractivity contribution in [2.45, 2.75) is 12.3 Å². The Morgan fingerprint density at radius 3 is 2.67 bits per heavy atom. The summed E-state index contributed by atoms with van der Waals surface area (Å²) in [6.45, 7) is -0.204. The zero-order chi connectivity index (χ0) is 16.8. The Hall–Kier alpha value is -3.04. The Bertz CT molecular complexity index is 1020. The highest BCUT2D eigenvalue weighted by Gasteiger charge is 2.34. The summed E-state index contributed by atoms with van der Waals surface area (Å²) in [5.41, 5.74) is 0.0573. The third-order valence-corrected chi connectivity index (χ3v) is 3.96. The number of aromatic amines is 2. The molecule has 2 N–H and O–H groups in total. The summed E-state index contributed by atoms with van der Waals surface area (Å²) in [7, 11) is 0. The molecule has 4 heterocycles. The van der Waals surface area contributed by atoms with E-state index in [9.17, 15) is 18.4 Å². The predicted molar refractivity (Wildman–Crippen MR) is 81.7 cm³/mol. The lowest BCUT2D eigenvalue weighted by atomic mass is 10.2. The highest BCUT2D eigenvalue weighted by Crippen LogP contribution is 2.29. The van der Waals surface area contributed by atoms with Crippen LogP contribution in [-0.2, 0) is 0 Å². The van der Waals surface area contributed by atoms with Gasteiger partial charge >= 0.3 is 5.69 Å². The van der Waals surface area contributed by atoms with E-state index in [2.05, 4.69) is 20.1 Å². The fraction of sp³-hybridized carbons (Fsp3) is 0.286. The van der Waals surface area contributed by atoms with Crippen molar-refractivity contribution in [1.82, 2.24) is 24.6 Å². The standard InChI is InChI=1S/C14H12F2N6O2/c15-8-5-21(6-9(8)16)11-3-10(20-22-2-1-17-12(11)22)7-4-18-14(24)19-13(7)23/h1-4,8-9H,5-6H2,(H2,18,19,23,24)/t8-,9+. The molecule has 1 saturated heterocycles. The Morgan fingerprint density at radius 2 is 1.96 bits per heavy atom. The van der Waals surface area contributed by atoms with Gasteiger partial charge in [0.05, 0.1) is 24.3 Å². The third kappa shape index (κ3) is 2.27. The van der Waals surface area contributed by atoms with Gasteiger partial charge in [-0.2, -0.15) is 5.10 Å². The minimum absolute atomic E-state index is 0.102. The van der Waals surface area contributed by atoms with Crippen LogP contribution in [0.2, 0.25) is 0 Å². The zero-order valence-corrected chi connectivity index (χ0v) is 12.2. The van der Waals surface area contributed by atoms with Crippen molar-refractivity contribution in [2.75, 3.05) is 18.0 Å². The Kier molecular flexibility index (Phi) is 3.18. The molecule has 124 valence electrons. The second-order valence-electron chi connectivity index (χ2n) is 5.53. The van der Waals surface area contributed by atoms with E-state index in [4.69, 9.17) is 0 Å². The van der Waals surface area contributed by atoms with Crippen molar-refractivity contribution in [3.8, 4) is 11.3 Å². The number of anilines is 1. The van der Waals surface area contributed by atoms with Crippen molar-refractivity contribution in [3.63, 3.8) is 0 Å². The number of nitrogens with zero attached hydrogens (tertiary/aromatic N) is 4. The largest absolute Gasteiger partial charge is 0.362 e. The van der Waals surface area contributed by atoms with Crippen LogP contribution in [0.25, 0.3) is 16.9 Å². The number of nitrogens with one attached hydrogen (secondary N) is 2. The average Bonchev–Trinajstić information content (AvgIpc) is 3.13. The lowest BCUT2D eigenvalue weighted by Gasteiger charge is -2.18. The molecule has 0 spiro atoms. The van der Waals surface area contributed by atoms with Crippen molar-refractivity contribution in [2.24, 2.45) is 0 Å². The molecule has 2 atom stereocenters. The summed E-state index contributed by atoms with van der Waals surface area (Å²) in [5, 5.41) is 4.26. The average molecular weight is 334 g/mol. The van der Waals surface area contributed by atoms with E-state index in [1.165, 1.54) is 27.9 Å². The Labute approximate surface area is 132 Å². The minimum Gasteiger partial charge on any atom is -0.362 e. The van der Waals surface area contributed by atoms with Crippen molar-refractivity contribution in [3.05, 3.63) is 45.5 Å². The molecule has 24 heavy (non-hydrogen) atoms. The minimum atomic E-state index is -1.58. The van der Waals surface area contributed by atoms with E-state index < -0.39 is 23.6 Å². The fourth-order valence-electron chi connectivity index (χ4n) is 2.79. The number of imidazole rings is 1. The number of halogens is 2. The van der Waals surface area contributed by atoms with Gasteiger partial charge in [0.25, 0.3) is 5.56 Å². The number of aromatic nitrogens is 5. The SMILES string of the molecule is O=c1[nH]cc(-c2cc(N3C[C@@H](F)[C@@H](F)C3)c3nccn3n2)c(=O)[nH]1. The monoisotopic (exact) mass is 334 g/mol. The summed E-state index contributed by atoms with van der Waals surface area (Å²) in [6, 6.07) is 1.54. The van der Waals surface area contributed by atoms with Crippen LogP contribution in [0.4, 0.5) is 14.5 Å². The molecular weight excluding hydrogens is 322 g/mol. The van der Waals surface area contributed by atoms with E-state index in [0.29, 0.717) is 11.3 Å².